The molecule has 1 fully saturated rings. The maximum Gasteiger partial charge on any atom is 0.251 e. The Hall–Kier alpha value is -3.19. The fourth-order valence-corrected chi connectivity index (χ4v) is 3.08. The predicted molar refractivity (Wildman–Crippen MR) is 105 cm³/mol. The Bertz CT molecular complexity index is 871. The monoisotopic (exact) mass is 374 g/mol. The molecule has 142 valence electrons. The Balaban J connectivity index is 1.60. The molecule has 1 saturated heterocycles. The minimum Gasteiger partial charge on any atom is -0.367 e. The van der Waals surface area contributed by atoms with Gasteiger partial charge < -0.3 is 15.4 Å². The minimum atomic E-state index is -0.611. The van der Waals surface area contributed by atoms with E-state index < -0.39 is 12.1 Å². The average molecular weight is 374 g/mol. The molecule has 1 unspecified atom stereocenters. The highest BCUT2D eigenvalue weighted by atomic mass is 16.5. The number of amides is 1. The molecule has 0 spiro atoms. The summed E-state index contributed by atoms with van der Waals surface area (Å²) in [6.07, 6.45) is 0.740. The van der Waals surface area contributed by atoms with E-state index in [-0.39, 0.29) is 5.91 Å². The molecule has 1 heterocycles. The first-order valence-electron chi connectivity index (χ1n) is 9.31. The average Bonchev–Trinajstić information content (AvgIpc) is 3.03. The number of nitrogens with one attached hydrogen (secondary N) is 2. The summed E-state index contributed by atoms with van der Waals surface area (Å²) < 4.78 is 5.54. The topological polar surface area (TPSA) is 97.9 Å². The van der Waals surface area contributed by atoms with Crippen molar-refractivity contribution >= 4 is 5.91 Å². The van der Waals surface area contributed by atoms with Crippen molar-refractivity contribution in [3.63, 3.8) is 0 Å². The number of nitrogens with zero attached hydrogens (tertiary/aromatic N) is 2. The summed E-state index contributed by atoms with van der Waals surface area (Å²) >= 11 is 0. The maximum absolute atomic E-state index is 12.4. The van der Waals surface area contributed by atoms with Gasteiger partial charge in [-0.25, -0.2) is 0 Å². The summed E-state index contributed by atoms with van der Waals surface area (Å²) in [7, 11) is 0. The molecule has 0 aromatic heterocycles. The van der Waals surface area contributed by atoms with Crippen molar-refractivity contribution in [2.45, 2.75) is 25.0 Å². The number of benzene rings is 2. The molecule has 28 heavy (non-hydrogen) atoms. The largest absolute Gasteiger partial charge is 0.367 e. The minimum absolute atomic E-state index is 0.254. The SMILES string of the molecule is N#Cc1ccc(-c2ccc(CC(C#N)NC(=O)[C@@H]3CNCCCO3)cc2)cc1. The van der Waals surface area contributed by atoms with E-state index >= 15 is 0 Å². The fourth-order valence-electron chi connectivity index (χ4n) is 3.08. The first-order chi connectivity index (χ1) is 13.7. The fraction of sp³-hybridized carbons (Fsp3) is 0.318. The lowest BCUT2D eigenvalue weighted by Gasteiger charge is -2.18. The highest BCUT2D eigenvalue weighted by Gasteiger charge is 2.23. The van der Waals surface area contributed by atoms with Gasteiger partial charge in [0.1, 0.15) is 12.1 Å². The van der Waals surface area contributed by atoms with Crippen LogP contribution in [0.15, 0.2) is 48.5 Å². The van der Waals surface area contributed by atoms with Crippen LogP contribution in [0.25, 0.3) is 11.1 Å². The van der Waals surface area contributed by atoms with Gasteiger partial charge >= 0.3 is 0 Å². The van der Waals surface area contributed by atoms with Gasteiger partial charge in [0, 0.05) is 19.6 Å². The van der Waals surface area contributed by atoms with Crippen LogP contribution in [0.3, 0.4) is 0 Å². The third-order valence-corrected chi connectivity index (χ3v) is 4.65. The van der Waals surface area contributed by atoms with Gasteiger partial charge in [0.2, 0.25) is 0 Å². The molecular weight excluding hydrogens is 352 g/mol. The Morgan fingerprint density at radius 2 is 1.82 bits per heavy atom. The smallest absolute Gasteiger partial charge is 0.251 e. The highest BCUT2D eigenvalue weighted by molar-refractivity contribution is 5.81. The molecule has 0 saturated carbocycles. The van der Waals surface area contributed by atoms with Gasteiger partial charge in [-0.3, -0.25) is 4.79 Å². The zero-order valence-electron chi connectivity index (χ0n) is 15.5. The van der Waals surface area contributed by atoms with Crippen LogP contribution < -0.4 is 10.6 Å². The van der Waals surface area contributed by atoms with Gasteiger partial charge in [0.15, 0.2) is 0 Å². The standard InChI is InChI=1S/C22H22N4O2/c23-13-17-4-8-19(9-5-17)18-6-2-16(3-7-18)12-20(14-24)26-22(27)21-15-25-10-1-11-28-21/h2-9,20-21,25H,1,10-12,15H2,(H,26,27)/t20?,21-/m0/s1. The summed E-state index contributed by atoms with van der Waals surface area (Å²) in [6.45, 7) is 1.83. The van der Waals surface area contributed by atoms with Crippen molar-refractivity contribution in [2.24, 2.45) is 0 Å². The molecule has 1 aliphatic heterocycles. The van der Waals surface area contributed by atoms with E-state index in [1.165, 1.54) is 0 Å². The quantitative estimate of drug-likeness (QED) is 0.836. The zero-order chi connectivity index (χ0) is 19.8. The number of carbonyl (C=O) groups is 1. The van der Waals surface area contributed by atoms with Crippen molar-refractivity contribution in [2.75, 3.05) is 19.7 Å². The van der Waals surface area contributed by atoms with Crippen LogP contribution in [0.2, 0.25) is 0 Å². The maximum atomic E-state index is 12.4. The van der Waals surface area contributed by atoms with E-state index in [2.05, 4.69) is 22.8 Å². The number of carbonyl (C=O) groups excluding carboxylic acids is 1. The Morgan fingerprint density at radius 3 is 2.46 bits per heavy atom. The van der Waals surface area contributed by atoms with Gasteiger partial charge in [0.05, 0.1) is 17.7 Å². The molecule has 0 bridgehead atoms. The van der Waals surface area contributed by atoms with Crippen LogP contribution in [0.4, 0.5) is 0 Å². The van der Waals surface area contributed by atoms with Crippen molar-refractivity contribution in [1.29, 1.82) is 10.5 Å². The molecule has 1 aliphatic rings. The second-order valence-electron chi connectivity index (χ2n) is 6.70. The van der Waals surface area contributed by atoms with Crippen LogP contribution in [0.1, 0.15) is 17.5 Å². The van der Waals surface area contributed by atoms with Gasteiger partial charge in [-0.2, -0.15) is 10.5 Å². The Kier molecular flexibility index (Phi) is 6.75. The number of nitriles is 2. The number of hydrogen-bond acceptors (Lipinski definition) is 5. The molecule has 2 aromatic rings. The normalized spacial score (nSPS) is 17.6. The van der Waals surface area contributed by atoms with Crippen molar-refractivity contribution < 1.29 is 9.53 Å². The van der Waals surface area contributed by atoms with Crippen molar-refractivity contribution in [3.8, 4) is 23.3 Å². The van der Waals surface area contributed by atoms with E-state index in [4.69, 9.17) is 10.00 Å². The van der Waals surface area contributed by atoms with E-state index in [1.807, 2.05) is 36.4 Å². The summed E-state index contributed by atoms with van der Waals surface area (Å²) in [4.78, 5) is 12.4. The molecule has 0 aliphatic carbocycles. The summed E-state index contributed by atoms with van der Waals surface area (Å²) in [5, 5.41) is 24.2. The number of ether oxygens (including phenoxy) is 1. The molecule has 2 N–H and O–H groups in total. The lowest BCUT2D eigenvalue weighted by atomic mass is 10.00. The Morgan fingerprint density at radius 1 is 1.14 bits per heavy atom. The van der Waals surface area contributed by atoms with Crippen LogP contribution in [0.5, 0.6) is 0 Å². The van der Waals surface area contributed by atoms with Crippen LogP contribution in [-0.2, 0) is 16.0 Å². The molecular formula is C22H22N4O2. The molecule has 6 heteroatoms. The number of hydrogen-bond donors (Lipinski definition) is 2. The van der Waals surface area contributed by atoms with Crippen molar-refractivity contribution in [3.05, 3.63) is 59.7 Å². The highest BCUT2D eigenvalue weighted by Crippen LogP contribution is 2.20. The molecule has 3 rings (SSSR count). The van der Waals surface area contributed by atoms with Crippen molar-refractivity contribution in [1.82, 2.24) is 10.6 Å². The van der Waals surface area contributed by atoms with Gasteiger partial charge in [-0.15, -0.1) is 0 Å². The molecule has 6 nitrogen and oxygen atoms in total. The first-order valence-corrected chi connectivity index (χ1v) is 9.31. The summed E-state index contributed by atoms with van der Waals surface area (Å²) in [5.41, 5.74) is 3.64. The molecule has 2 atom stereocenters. The molecule has 1 amide bonds. The predicted octanol–water partition coefficient (Wildman–Crippen LogP) is 2.15. The third-order valence-electron chi connectivity index (χ3n) is 4.65. The summed E-state index contributed by atoms with van der Waals surface area (Å²) in [5.74, 6) is -0.254. The van der Waals surface area contributed by atoms with E-state index in [0.717, 1.165) is 29.7 Å². The lowest BCUT2D eigenvalue weighted by molar-refractivity contribution is -0.132. The van der Waals surface area contributed by atoms with Crippen LogP contribution in [0, 0.1) is 22.7 Å². The second-order valence-corrected chi connectivity index (χ2v) is 6.70. The summed E-state index contributed by atoms with van der Waals surface area (Å²) in [6, 6.07) is 18.9. The lowest BCUT2D eigenvalue weighted by Crippen LogP contribution is -2.46. The third kappa shape index (κ3) is 5.17. The van der Waals surface area contributed by atoms with Gasteiger partial charge in [-0.1, -0.05) is 36.4 Å². The molecule has 0 radical (unpaired) electrons. The van der Waals surface area contributed by atoms with E-state index in [0.29, 0.717) is 25.1 Å². The van der Waals surface area contributed by atoms with E-state index in [1.54, 1.807) is 12.1 Å². The van der Waals surface area contributed by atoms with Crippen LogP contribution in [-0.4, -0.2) is 37.7 Å². The van der Waals surface area contributed by atoms with E-state index in [9.17, 15) is 10.1 Å². The Labute approximate surface area is 164 Å². The zero-order valence-corrected chi connectivity index (χ0v) is 15.5. The molecule has 2 aromatic carbocycles. The van der Waals surface area contributed by atoms with Gasteiger partial charge in [0.25, 0.3) is 5.91 Å². The van der Waals surface area contributed by atoms with Gasteiger partial charge in [-0.05, 0) is 41.8 Å². The first kappa shape index (κ1) is 19.6. The number of rotatable bonds is 5. The second kappa shape index (κ2) is 9.66. The van der Waals surface area contributed by atoms with Crippen LogP contribution >= 0.6 is 0 Å².